The number of hydrogen-bond acceptors (Lipinski definition) is 3. The van der Waals surface area contributed by atoms with E-state index >= 15 is 0 Å². The molecule has 0 spiro atoms. The average molecular weight is 271 g/mol. The van der Waals surface area contributed by atoms with Gasteiger partial charge in [-0.15, -0.1) is 0 Å². The number of halogens is 1. The lowest BCUT2D eigenvalue weighted by atomic mass is 10.0. The smallest absolute Gasteiger partial charge is 0.125 e. The Morgan fingerprint density at radius 1 is 1.53 bits per heavy atom. The van der Waals surface area contributed by atoms with Crippen molar-refractivity contribution in [2.75, 3.05) is 5.33 Å². The summed E-state index contributed by atoms with van der Waals surface area (Å²) < 4.78 is 5.94. The largest absolute Gasteiger partial charge is 0.368 e. The molecule has 1 aromatic heterocycles. The van der Waals surface area contributed by atoms with Gasteiger partial charge >= 0.3 is 0 Å². The van der Waals surface area contributed by atoms with E-state index in [1.54, 1.807) is 6.20 Å². The summed E-state index contributed by atoms with van der Waals surface area (Å²) in [5.41, 5.74) is 1.02. The summed E-state index contributed by atoms with van der Waals surface area (Å²) >= 11 is 3.47. The highest BCUT2D eigenvalue weighted by Crippen LogP contribution is 2.30. The van der Waals surface area contributed by atoms with Crippen molar-refractivity contribution in [3.63, 3.8) is 0 Å². The quantitative estimate of drug-likeness (QED) is 0.776. The molecule has 0 aromatic carbocycles. The maximum Gasteiger partial charge on any atom is 0.125 e. The molecule has 1 saturated heterocycles. The van der Waals surface area contributed by atoms with Gasteiger partial charge in [0.25, 0.3) is 0 Å². The van der Waals surface area contributed by atoms with E-state index in [9.17, 15) is 0 Å². The molecule has 2 atom stereocenters. The van der Waals surface area contributed by atoms with Gasteiger partial charge in [0.05, 0.1) is 17.9 Å². The minimum atomic E-state index is 0.156. The lowest BCUT2D eigenvalue weighted by molar-refractivity contribution is -0.0406. The van der Waals surface area contributed by atoms with Gasteiger partial charge in [0, 0.05) is 11.5 Å². The predicted molar refractivity (Wildman–Crippen MR) is 62.0 cm³/mol. The molecule has 1 aliphatic rings. The molecule has 82 valence electrons. The van der Waals surface area contributed by atoms with E-state index in [4.69, 9.17) is 4.74 Å². The Balaban J connectivity index is 2.09. The van der Waals surface area contributed by atoms with Gasteiger partial charge in [-0.25, -0.2) is 9.97 Å². The monoisotopic (exact) mass is 270 g/mol. The molecule has 4 heteroatoms. The van der Waals surface area contributed by atoms with Gasteiger partial charge in [-0.05, 0) is 32.3 Å². The fourth-order valence-electron chi connectivity index (χ4n) is 1.88. The van der Waals surface area contributed by atoms with Gasteiger partial charge < -0.3 is 4.74 Å². The molecular weight excluding hydrogens is 256 g/mol. The topological polar surface area (TPSA) is 35.0 Å². The van der Waals surface area contributed by atoms with E-state index in [0.29, 0.717) is 6.10 Å². The van der Waals surface area contributed by atoms with Crippen LogP contribution in [0.4, 0.5) is 0 Å². The molecule has 2 rings (SSSR count). The summed E-state index contributed by atoms with van der Waals surface area (Å²) in [6, 6.07) is 1.95. The second-order valence-electron chi connectivity index (χ2n) is 3.86. The molecule has 0 amide bonds. The second-order valence-corrected chi connectivity index (χ2v) is 4.51. The molecule has 0 radical (unpaired) electrons. The Labute approximate surface area is 98.4 Å². The van der Waals surface area contributed by atoms with Gasteiger partial charge in [0.15, 0.2) is 0 Å². The van der Waals surface area contributed by atoms with Crippen LogP contribution in [0.1, 0.15) is 36.9 Å². The van der Waals surface area contributed by atoms with E-state index in [-0.39, 0.29) is 6.10 Å². The van der Waals surface area contributed by atoms with E-state index < -0.39 is 0 Å². The molecule has 2 unspecified atom stereocenters. The predicted octanol–water partition coefficient (Wildman–Crippen LogP) is 2.79. The van der Waals surface area contributed by atoms with Crippen LogP contribution >= 0.6 is 15.9 Å². The minimum absolute atomic E-state index is 0.156. The summed E-state index contributed by atoms with van der Waals surface area (Å²) in [6.45, 7) is 1.91. The Morgan fingerprint density at radius 2 is 2.40 bits per heavy atom. The van der Waals surface area contributed by atoms with Gasteiger partial charge in [-0.2, -0.15) is 0 Å². The molecule has 0 bridgehead atoms. The maximum atomic E-state index is 5.94. The van der Waals surface area contributed by atoms with Crippen LogP contribution in [0.5, 0.6) is 0 Å². The first kappa shape index (κ1) is 11.0. The molecular formula is C11H15BrN2O. The van der Waals surface area contributed by atoms with Crippen LogP contribution in [0, 0.1) is 6.92 Å². The van der Waals surface area contributed by atoms with Crippen molar-refractivity contribution in [2.45, 2.75) is 38.4 Å². The summed E-state index contributed by atoms with van der Waals surface area (Å²) in [5.74, 6) is 0.817. The van der Waals surface area contributed by atoms with Crippen molar-refractivity contribution in [1.82, 2.24) is 9.97 Å². The Morgan fingerprint density at radius 3 is 3.13 bits per heavy atom. The number of rotatable bonds is 2. The third-order valence-electron chi connectivity index (χ3n) is 2.65. The van der Waals surface area contributed by atoms with E-state index in [0.717, 1.165) is 29.7 Å². The number of aryl methyl sites for hydroxylation is 1. The lowest BCUT2D eigenvalue weighted by Crippen LogP contribution is -2.24. The molecule has 1 aromatic rings. The number of ether oxygens (including phenoxy) is 1. The molecule has 15 heavy (non-hydrogen) atoms. The van der Waals surface area contributed by atoms with Gasteiger partial charge in [-0.3, -0.25) is 0 Å². The highest BCUT2D eigenvalue weighted by Gasteiger charge is 2.23. The van der Waals surface area contributed by atoms with Crippen LogP contribution in [-0.2, 0) is 4.74 Å². The number of hydrogen-bond donors (Lipinski definition) is 0. The highest BCUT2D eigenvalue weighted by atomic mass is 79.9. The normalized spacial score (nSPS) is 26.5. The van der Waals surface area contributed by atoms with Crippen LogP contribution in [0.25, 0.3) is 0 Å². The highest BCUT2D eigenvalue weighted by molar-refractivity contribution is 9.09. The average Bonchev–Trinajstić information content (AvgIpc) is 2.29. The third-order valence-corrected chi connectivity index (χ3v) is 3.37. The van der Waals surface area contributed by atoms with E-state index in [1.807, 2.05) is 13.0 Å². The second kappa shape index (κ2) is 5.03. The first-order chi connectivity index (χ1) is 7.29. The Hall–Kier alpha value is -0.480. The molecule has 0 aliphatic carbocycles. The Kier molecular flexibility index (Phi) is 3.70. The molecule has 1 aliphatic heterocycles. The molecule has 1 fully saturated rings. The minimum Gasteiger partial charge on any atom is -0.368 e. The summed E-state index contributed by atoms with van der Waals surface area (Å²) in [6.07, 6.45) is 5.72. The first-order valence-corrected chi connectivity index (χ1v) is 6.42. The van der Waals surface area contributed by atoms with Crippen molar-refractivity contribution in [3.05, 3.63) is 23.8 Å². The zero-order chi connectivity index (χ0) is 10.7. The maximum absolute atomic E-state index is 5.94. The third kappa shape index (κ3) is 2.75. The van der Waals surface area contributed by atoms with E-state index in [2.05, 4.69) is 25.9 Å². The lowest BCUT2D eigenvalue weighted by Gasteiger charge is -2.28. The van der Waals surface area contributed by atoms with Crippen molar-refractivity contribution < 1.29 is 4.74 Å². The summed E-state index contributed by atoms with van der Waals surface area (Å²) in [4.78, 5) is 8.51. The fourth-order valence-corrected chi connectivity index (χ4v) is 2.36. The molecule has 2 heterocycles. The van der Waals surface area contributed by atoms with Gasteiger partial charge in [-0.1, -0.05) is 15.9 Å². The van der Waals surface area contributed by atoms with Gasteiger partial charge in [0.2, 0.25) is 0 Å². The molecule has 0 saturated carbocycles. The fraction of sp³-hybridized carbons (Fsp3) is 0.636. The first-order valence-electron chi connectivity index (χ1n) is 5.30. The van der Waals surface area contributed by atoms with Crippen molar-refractivity contribution in [3.8, 4) is 0 Å². The SMILES string of the molecule is Cc1nccc(C2CCCC(CBr)O2)n1. The van der Waals surface area contributed by atoms with Crippen LogP contribution in [0.2, 0.25) is 0 Å². The Bertz CT molecular complexity index is 332. The zero-order valence-corrected chi connectivity index (χ0v) is 10.4. The van der Waals surface area contributed by atoms with Crippen LogP contribution in [0.3, 0.4) is 0 Å². The number of aromatic nitrogens is 2. The summed E-state index contributed by atoms with van der Waals surface area (Å²) in [7, 11) is 0. The number of nitrogens with zero attached hydrogens (tertiary/aromatic N) is 2. The summed E-state index contributed by atoms with van der Waals surface area (Å²) in [5, 5.41) is 0.910. The van der Waals surface area contributed by atoms with E-state index in [1.165, 1.54) is 6.42 Å². The number of alkyl halides is 1. The molecule has 3 nitrogen and oxygen atoms in total. The van der Waals surface area contributed by atoms with Crippen molar-refractivity contribution in [1.29, 1.82) is 0 Å². The zero-order valence-electron chi connectivity index (χ0n) is 8.82. The van der Waals surface area contributed by atoms with Crippen molar-refractivity contribution in [2.24, 2.45) is 0 Å². The van der Waals surface area contributed by atoms with Crippen LogP contribution in [-0.4, -0.2) is 21.4 Å². The standard InChI is InChI=1S/C11H15BrN2O/c1-8-13-6-5-10(14-8)11-4-2-3-9(7-12)15-11/h5-6,9,11H,2-4,7H2,1H3. The van der Waals surface area contributed by atoms with Crippen LogP contribution < -0.4 is 0 Å². The molecule has 0 N–H and O–H groups in total. The van der Waals surface area contributed by atoms with Crippen molar-refractivity contribution >= 4 is 15.9 Å². The van der Waals surface area contributed by atoms with Gasteiger partial charge in [0.1, 0.15) is 5.82 Å². The van der Waals surface area contributed by atoms with Crippen LogP contribution in [0.15, 0.2) is 12.3 Å².